The number of benzene rings is 2. The van der Waals surface area contributed by atoms with Gasteiger partial charge in [-0.3, -0.25) is 14.9 Å². The second-order valence-corrected chi connectivity index (χ2v) is 4.93. The number of nitrogens with one attached hydrogen (secondary N) is 1. The minimum atomic E-state index is -0.708. The summed E-state index contributed by atoms with van der Waals surface area (Å²) in [6.45, 7) is 0. The van der Waals surface area contributed by atoms with Gasteiger partial charge in [-0.25, -0.2) is 4.39 Å². The van der Waals surface area contributed by atoms with E-state index in [1.54, 1.807) is 0 Å². The molecule has 21 heavy (non-hydrogen) atoms. The van der Waals surface area contributed by atoms with Crippen molar-refractivity contribution in [1.29, 1.82) is 0 Å². The molecule has 3 N–H and O–H groups in total. The number of non-ortho nitro benzene ring substituents is 1. The lowest BCUT2D eigenvalue weighted by molar-refractivity contribution is -0.384. The van der Waals surface area contributed by atoms with Gasteiger partial charge in [-0.05, 0) is 34.1 Å². The molecular formula is C13H9BrFN3O3. The summed E-state index contributed by atoms with van der Waals surface area (Å²) in [6, 6.07) is 7.76. The standard InChI is InChI=1S/C13H9BrFN3O3/c14-9-5-4-7(18(20)21)6-11(9)17-13(19)8-2-1-3-10(15)12(8)16/h1-6H,16H2,(H,17,19). The van der Waals surface area contributed by atoms with Crippen LogP contribution in [0.25, 0.3) is 0 Å². The number of halogens is 2. The molecule has 0 aliphatic heterocycles. The van der Waals surface area contributed by atoms with Gasteiger partial charge in [0.25, 0.3) is 11.6 Å². The van der Waals surface area contributed by atoms with E-state index in [-0.39, 0.29) is 22.6 Å². The number of nitrogens with two attached hydrogens (primary N) is 1. The van der Waals surface area contributed by atoms with Gasteiger partial charge in [0.05, 0.1) is 21.9 Å². The van der Waals surface area contributed by atoms with Crippen LogP contribution in [-0.4, -0.2) is 10.8 Å². The number of nitro benzene ring substituents is 1. The minimum Gasteiger partial charge on any atom is -0.396 e. The first-order valence-corrected chi connectivity index (χ1v) is 6.48. The summed E-state index contributed by atoms with van der Waals surface area (Å²) in [4.78, 5) is 22.2. The number of nitro groups is 1. The lowest BCUT2D eigenvalue weighted by Crippen LogP contribution is -2.15. The zero-order valence-electron chi connectivity index (χ0n) is 10.5. The zero-order chi connectivity index (χ0) is 15.6. The van der Waals surface area contributed by atoms with Crippen molar-refractivity contribution < 1.29 is 14.1 Å². The predicted octanol–water partition coefficient (Wildman–Crippen LogP) is 3.33. The number of anilines is 2. The number of hydrogen-bond donors (Lipinski definition) is 2. The molecule has 2 rings (SSSR count). The van der Waals surface area contributed by atoms with Crippen LogP contribution in [0, 0.1) is 15.9 Å². The van der Waals surface area contributed by atoms with E-state index in [1.807, 2.05) is 0 Å². The van der Waals surface area contributed by atoms with Gasteiger partial charge < -0.3 is 11.1 Å². The van der Waals surface area contributed by atoms with Crippen LogP contribution < -0.4 is 11.1 Å². The Balaban J connectivity index is 2.33. The SMILES string of the molecule is Nc1c(F)cccc1C(=O)Nc1cc([N+](=O)[O-])ccc1Br. The normalized spacial score (nSPS) is 10.2. The minimum absolute atomic E-state index is 0.0478. The molecule has 0 bridgehead atoms. The highest BCUT2D eigenvalue weighted by Crippen LogP contribution is 2.28. The largest absolute Gasteiger partial charge is 0.396 e. The van der Waals surface area contributed by atoms with E-state index in [9.17, 15) is 19.3 Å². The molecule has 0 atom stereocenters. The molecule has 1 amide bonds. The van der Waals surface area contributed by atoms with E-state index in [0.717, 1.165) is 6.07 Å². The van der Waals surface area contributed by atoms with Crippen LogP contribution in [0.1, 0.15) is 10.4 Å². The Morgan fingerprint density at radius 3 is 2.71 bits per heavy atom. The quantitative estimate of drug-likeness (QED) is 0.502. The number of amides is 1. The van der Waals surface area contributed by atoms with Crippen molar-refractivity contribution >= 4 is 38.9 Å². The number of para-hydroxylation sites is 1. The van der Waals surface area contributed by atoms with Crippen molar-refractivity contribution in [2.24, 2.45) is 0 Å². The Kier molecular flexibility index (Phi) is 4.18. The van der Waals surface area contributed by atoms with E-state index in [4.69, 9.17) is 5.73 Å². The first-order valence-electron chi connectivity index (χ1n) is 5.69. The Morgan fingerprint density at radius 2 is 2.05 bits per heavy atom. The second-order valence-electron chi connectivity index (χ2n) is 4.08. The van der Waals surface area contributed by atoms with E-state index < -0.39 is 16.6 Å². The van der Waals surface area contributed by atoms with Crippen LogP contribution in [0.4, 0.5) is 21.5 Å². The van der Waals surface area contributed by atoms with Crippen molar-refractivity contribution in [3.8, 4) is 0 Å². The molecule has 0 radical (unpaired) electrons. The molecule has 0 aliphatic rings. The number of nitrogens with zero attached hydrogens (tertiary/aromatic N) is 1. The van der Waals surface area contributed by atoms with Gasteiger partial charge in [0.15, 0.2) is 0 Å². The van der Waals surface area contributed by atoms with Gasteiger partial charge in [0.1, 0.15) is 5.82 Å². The third-order valence-corrected chi connectivity index (χ3v) is 3.40. The van der Waals surface area contributed by atoms with Crippen molar-refractivity contribution in [2.75, 3.05) is 11.1 Å². The summed E-state index contributed by atoms with van der Waals surface area (Å²) in [5, 5.41) is 13.2. The monoisotopic (exact) mass is 353 g/mol. The Labute approximate surface area is 127 Å². The average Bonchev–Trinajstić information content (AvgIpc) is 2.43. The molecule has 0 unspecified atom stereocenters. The fourth-order valence-electron chi connectivity index (χ4n) is 1.65. The van der Waals surface area contributed by atoms with Crippen LogP contribution in [0.2, 0.25) is 0 Å². The summed E-state index contributed by atoms with van der Waals surface area (Å²) in [7, 11) is 0. The molecule has 0 saturated heterocycles. The van der Waals surface area contributed by atoms with Gasteiger partial charge in [0, 0.05) is 16.6 Å². The number of carbonyl (C=O) groups excluding carboxylic acids is 1. The second kappa shape index (κ2) is 5.88. The highest BCUT2D eigenvalue weighted by Gasteiger charge is 2.16. The molecule has 8 heteroatoms. The number of rotatable bonds is 3. The summed E-state index contributed by atoms with van der Waals surface area (Å²) in [5.41, 5.74) is 5.18. The van der Waals surface area contributed by atoms with Crippen molar-refractivity contribution in [2.45, 2.75) is 0 Å². The van der Waals surface area contributed by atoms with Gasteiger partial charge >= 0.3 is 0 Å². The maximum atomic E-state index is 13.3. The summed E-state index contributed by atoms with van der Waals surface area (Å²) >= 11 is 3.17. The molecule has 2 aromatic rings. The first kappa shape index (κ1) is 14.9. The van der Waals surface area contributed by atoms with E-state index in [2.05, 4.69) is 21.2 Å². The van der Waals surface area contributed by atoms with Gasteiger partial charge in [0.2, 0.25) is 0 Å². The van der Waals surface area contributed by atoms with Crippen molar-refractivity contribution in [3.63, 3.8) is 0 Å². The lowest BCUT2D eigenvalue weighted by atomic mass is 10.1. The summed E-state index contributed by atoms with van der Waals surface area (Å²) in [6.07, 6.45) is 0. The highest BCUT2D eigenvalue weighted by atomic mass is 79.9. The molecule has 0 aliphatic carbocycles. The van der Waals surface area contributed by atoms with E-state index in [1.165, 1.54) is 30.3 Å². The molecule has 0 heterocycles. The smallest absolute Gasteiger partial charge is 0.271 e. The molecule has 6 nitrogen and oxygen atoms in total. The number of carbonyl (C=O) groups is 1. The molecule has 108 valence electrons. The van der Waals surface area contributed by atoms with Gasteiger partial charge in [-0.2, -0.15) is 0 Å². The first-order chi connectivity index (χ1) is 9.90. The molecule has 2 aromatic carbocycles. The Hall–Kier alpha value is -2.48. The van der Waals surface area contributed by atoms with Crippen LogP contribution in [-0.2, 0) is 0 Å². The Morgan fingerprint density at radius 1 is 1.33 bits per heavy atom. The highest BCUT2D eigenvalue weighted by molar-refractivity contribution is 9.10. The van der Waals surface area contributed by atoms with Crippen molar-refractivity contribution in [1.82, 2.24) is 0 Å². The van der Waals surface area contributed by atoms with Gasteiger partial charge in [-0.15, -0.1) is 0 Å². The van der Waals surface area contributed by atoms with Crippen LogP contribution in [0.15, 0.2) is 40.9 Å². The fraction of sp³-hybridized carbons (Fsp3) is 0. The van der Waals surface area contributed by atoms with Crippen LogP contribution in [0.3, 0.4) is 0 Å². The third kappa shape index (κ3) is 3.16. The summed E-state index contributed by atoms with van der Waals surface area (Å²) in [5.74, 6) is -1.37. The Bertz CT molecular complexity index is 737. The number of nitrogen functional groups attached to an aromatic ring is 1. The molecular weight excluding hydrogens is 345 g/mol. The third-order valence-electron chi connectivity index (χ3n) is 2.71. The van der Waals surface area contributed by atoms with Crippen LogP contribution in [0.5, 0.6) is 0 Å². The van der Waals surface area contributed by atoms with Crippen molar-refractivity contribution in [3.05, 3.63) is 62.4 Å². The average molecular weight is 354 g/mol. The fourth-order valence-corrected chi connectivity index (χ4v) is 1.99. The zero-order valence-corrected chi connectivity index (χ0v) is 12.1. The van der Waals surface area contributed by atoms with E-state index in [0.29, 0.717) is 4.47 Å². The molecule has 0 fully saturated rings. The topological polar surface area (TPSA) is 98.3 Å². The maximum Gasteiger partial charge on any atom is 0.271 e. The van der Waals surface area contributed by atoms with Crippen LogP contribution >= 0.6 is 15.9 Å². The van der Waals surface area contributed by atoms with Gasteiger partial charge in [-0.1, -0.05) is 6.07 Å². The molecule has 0 saturated carbocycles. The predicted molar refractivity (Wildman–Crippen MR) is 79.6 cm³/mol. The molecule has 0 spiro atoms. The summed E-state index contributed by atoms with van der Waals surface area (Å²) < 4.78 is 13.8. The number of hydrogen-bond acceptors (Lipinski definition) is 4. The lowest BCUT2D eigenvalue weighted by Gasteiger charge is -2.09. The maximum absolute atomic E-state index is 13.3. The van der Waals surface area contributed by atoms with E-state index >= 15 is 0 Å². The molecule has 0 aromatic heterocycles.